The van der Waals surface area contributed by atoms with E-state index in [2.05, 4.69) is 73.7 Å². The summed E-state index contributed by atoms with van der Waals surface area (Å²) >= 11 is 0. The van der Waals surface area contributed by atoms with Crippen molar-refractivity contribution in [3.63, 3.8) is 0 Å². The molecule has 128 valence electrons. The molecule has 0 radical (unpaired) electrons. The molecular formula is C26H19N. The molecule has 0 spiro atoms. The van der Waals surface area contributed by atoms with Crippen LogP contribution in [0, 0.1) is 18.3 Å². The maximum atomic E-state index is 9.11. The minimum Gasteiger partial charge on any atom is -0.192 e. The Morgan fingerprint density at radius 1 is 0.556 bits per heavy atom. The Morgan fingerprint density at radius 3 is 1.59 bits per heavy atom. The summed E-state index contributed by atoms with van der Waals surface area (Å²) < 4.78 is 0. The number of rotatable bonds is 3. The topological polar surface area (TPSA) is 23.8 Å². The molecule has 0 fully saturated rings. The second-order valence-corrected chi connectivity index (χ2v) is 6.63. The summed E-state index contributed by atoms with van der Waals surface area (Å²) in [7, 11) is 0. The Balaban J connectivity index is 1.96. The third-order valence-corrected chi connectivity index (χ3v) is 4.86. The smallest absolute Gasteiger partial charge is 0.0991 e. The summed E-state index contributed by atoms with van der Waals surface area (Å²) in [6.45, 7) is 2.16. The highest BCUT2D eigenvalue weighted by molar-refractivity contribution is 5.88. The first-order valence-corrected chi connectivity index (χ1v) is 9.02. The molecule has 0 saturated carbocycles. The monoisotopic (exact) mass is 345 g/mol. The average Bonchev–Trinajstić information content (AvgIpc) is 2.75. The fourth-order valence-electron chi connectivity index (χ4n) is 3.46. The van der Waals surface area contributed by atoms with Gasteiger partial charge in [0.25, 0.3) is 0 Å². The highest BCUT2D eigenvalue weighted by atomic mass is 14.2. The Kier molecular flexibility index (Phi) is 4.56. The molecule has 1 heteroatoms. The summed E-state index contributed by atoms with van der Waals surface area (Å²) in [6.07, 6.45) is 0. The summed E-state index contributed by atoms with van der Waals surface area (Å²) in [5, 5.41) is 9.11. The first kappa shape index (κ1) is 16.8. The average molecular weight is 345 g/mol. The molecule has 0 aromatic heterocycles. The fourth-order valence-corrected chi connectivity index (χ4v) is 3.46. The SMILES string of the molecule is Cc1cc(-c2ccccc2)c(-c2ccc(C#N)cc2)cc1-c1ccccc1. The molecule has 0 unspecified atom stereocenters. The molecule has 0 aliphatic heterocycles. The van der Waals surface area contributed by atoms with Crippen LogP contribution in [0.15, 0.2) is 97.1 Å². The van der Waals surface area contributed by atoms with Gasteiger partial charge in [-0.25, -0.2) is 0 Å². The van der Waals surface area contributed by atoms with Gasteiger partial charge in [-0.3, -0.25) is 0 Å². The third kappa shape index (κ3) is 3.38. The van der Waals surface area contributed by atoms with Crippen molar-refractivity contribution in [3.8, 4) is 39.4 Å². The Bertz CT molecular complexity index is 1100. The highest BCUT2D eigenvalue weighted by Gasteiger charge is 2.12. The van der Waals surface area contributed by atoms with Crippen molar-refractivity contribution in [1.82, 2.24) is 0 Å². The van der Waals surface area contributed by atoms with Gasteiger partial charge in [-0.05, 0) is 64.1 Å². The highest BCUT2D eigenvalue weighted by Crippen LogP contribution is 2.37. The van der Waals surface area contributed by atoms with Gasteiger partial charge in [0, 0.05) is 0 Å². The van der Waals surface area contributed by atoms with Gasteiger partial charge in [-0.1, -0.05) is 78.9 Å². The number of nitrogens with zero attached hydrogens (tertiary/aromatic N) is 1. The van der Waals surface area contributed by atoms with E-state index < -0.39 is 0 Å². The zero-order valence-corrected chi connectivity index (χ0v) is 15.2. The second-order valence-electron chi connectivity index (χ2n) is 6.63. The Labute approximate surface area is 160 Å². The predicted molar refractivity (Wildman–Crippen MR) is 112 cm³/mol. The van der Waals surface area contributed by atoms with Crippen LogP contribution >= 0.6 is 0 Å². The minimum absolute atomic E-state index is 0.676. The van der Waals surface area contributed by atoms with Crippen molar-refractivity contribution in [3.05, 3.63) is 108 Å². The molecule has 0 aliphatic carbocycles. The van der Waals surface area contributed by atoms with Crippen molar-refractivity contribution >= 4 is 0 Å². The predicted octanol–water partition coefficient (Wildman–Crippen LogP) is 6.87. The molecule has 0 saturated heterocycles. The molecular weight excluding hydrogens is 326 g/mol. The van der Waals surface area contributed by atoms with Crippen molar-refractivity contribution < 1.29 is 0 Å². The van der Waals surface area contributed by atoms with E-state index in [0.29, 0.717) is 5.56 Å². The maximum absolute atomic E-state index is 9.11. The van der Waals surface area contributed by atoms with Gasteiger partial charge < -0.3 is 0 Å². The molecule has 0 aliphatic rings. The second kappa shape index (κ2) is 7.32. The van der Waals surface area contributed by atoms with E-state index in [4.69, 9.17) is 5.26 Å². The van der Waals surface area contributed by atoms with Gasteiger partial charge in [0.05, 0.1) is 11.6 Å². The summed E-state index contributed by atoms with van der Waals surface area (Å²) in [5.41, 5.74) is 9.06. The number of nitriles is 1. The lowest BCUT2D eigenvalue weighted by Crippen LogP contribution is -1.91. The summed E-state index contributed by atoms with van der Waals surface area (Å²) in [5.74, 6) is 0. The van der Waals surface area contributed by atoms with Crippen LogP contribution in [0.3, 0.4) is 0 Å². The number of aryl methyl sites for hydroxylation is 1. The van der Waals surface area contributed by atoms with Gasteiger partial charge in [-0.15, -0.1) is 0 Å². The van der Waals surface area contributed by atoms with Crippen LogP contribution in [-0.2, 0) is 0 Å². The fraction of sp³-hybridized carbons (Fsp3) is 0.0385. The first-order chi connectivity index (χ1) is 13.3. The Morgan fingerprint density at radius 2 is 1.04 bits per heavy atom. The minimum atomic E-state index is 0.676. The van der Waals surface area contributed by atoms with Crippen LogP contribution in [0.4, 0.5) is 0 Å². The molecule has 0 N–H and O–H groups in total. The van der Waals surface area contributed by atoms with Gasteiger partial charge in [0.2, 0.25) is 0 Å². The van der Waals surface area contributed by atoms with E-state index in [1.807, 2.05) is 36.4 Å². The molecule has 0 amide bonds. The van der Waals surface area contributed by atoms with Crippen LogP contribution in [0.1, 0.15) is 11.1 Å². The molecule has 4 aromatic carbocycles. The van der Waals surface area contributed by atoms with E-state index in [9.17, 15) is 0 Å². The van der Waals surface area contributed by atoms with Crippen LogP contribution < -0.4 is 0 Å². The lowest BCUT2D eigenvalue weighted by atomic mass is 9.88. The van der Waals surface area contributed by atoms with Crippen molar-refractivity contribution in [2.75, 3.05) is 0 Å². The summed E-state index contributed by atoms with van der Waals surface area (Å²) in [4.78, 5) is 0. The molecule has 0 bridgehead atoms. The largest absolute Gasteiger partial charge is 0.192 e. The molecule has 1 nitrogen and oxygen atoms in total. The zero-order valence-electron chi connectivity index (χ0n) is 15.2. The van der Waals surface area contributed by atoms with Gasteiger partial charge in [-0.2, -0.15) is 5.26 Å². The standard InChI is InChI=1S/C26H19N/c1-19-16-25(22-10-6-3-7-11-22)26(23-14-12-20(18-27)13-15-23)17-24(19)21-8-4-2-5-9-21/h2-17H,1H3. The number of hydrogen-bond donors (Lipinski definition) is 0. The van der Waals surface area contributed by atoms with E-state index in [0.717, 1.165) is 5.56 Å². The van der Waals surface area contributed by atoms with Crippen LogP contribution in [0.2, 0.25) is 0 Å². The lowest BCUT2D eigenvalue weighted by Gasteiger charge is -2.16. The molecule has 0 heterocycles. The lowest BCUT2D eigenvalue weighted by molar-refractivity contribution is 1.44. The molecule has 4 rings (SSSR count). The van der Waals surface area contributed by atoms with Crippen LogP contribution in [0.25, 0.3) is 33.4 Å². The third-order valence-electron chi connectivity index (χ3n) is 4.86. The number of benzene rings is 4. The normalized spacial score (nSPS) is 10.4. The van der Waals surface area contributed by atoms with Crippen LogP contribution in [0.5, 0.6) is 0 Å². The van der Waals surface area contributed by atoms with E-state index in [-0.39, 0.29) is 0 Å². The zero-order chi connectivity index (χ0) is 18.6. The quantitative estimate of drug-likeness (QED) is 0.397. The van der Waals surface area contributed by atoms with Gasteiger partial charge >= 0.3 is 0 Å². The first-order valence-electron chi connectivity index (χ1n) is 9.02. The van der Waals surface area contributed by atoms with Gasteiger partial charge in [0.1, 0.15) is 0 Å². The van der Waals surface area contributed by atoms with E-state index in [1.165, 1.54) is 33.4 Å². The van der Waals surface area contributed by atoms with E-state index >= 15 is 0 Å². The van der Waals surface area contributed by atoms with Crippen molar-refractivity contribution in [2.45, 2.75) is 6.92 Å². The van der Waals surface area contributed by atoms with Crippen molar-refractivity contribution in [2.24, 2.45) is 0 Å². The van der Waals surface area contributed by atoms with Gasteiger partial charge in [0.15, 0.2) is 0 Å². The van der Waals surface area contributed by atoms with Crippen molar-refractivity contribution in [1.29, 1.82) is 5.26 Å². The van der Waals surface area contributed by atoms with E-state index in [1.54, 1.807) is 0 Å². The summed E-state index contributed by atoms with van der Waals surface area (Å²) in [6, 6.07) is 35.5. The molecule has 0 atom stereocenters. The molecule has 27 heavy (non-hydrogen) atoms. The Hall–Kier alpha value is -3.63. The van der Waals surface area contributed by atoms with Crippen LogP contribution in [-0.4, -0.2) is 0 Å². The molecule has 4 aromatic rings. The maximum Gasteiger partial charge on any atom is 0.0991 e. The number of hydrogen-bond acceptors (Lipinski definition) is 1.